The number of ether oxygens (including phenoxy) is 1. The van der Waals surface area contributed by atoms with Gasteiger partial charge in [-0.15, -0.1) is 0 Å². The number of likely N-dealkylation sites (tertiary alicyclic amines) is 1. The molecule has 8 heteroatoms. The van der Waals surface area contributed by atoms with E-state index in [0.29, 0.717) is 53.7 Å². The minimum absolute atomic E-state index is 0.0347. The third-order valence-electron chi connectivity index (χ3n) is 4.89. The number of rotatable bonds is 5. The van der Waals surface area contributed by atoms with Crippen molar-refractivity contribution < 1.29 is 23.3 Å². The van der Waals surface area contributed by atoms with Crippen LogP contribution in [0, 0.1) is 5.92 Å². The Morgan fingerprint density at radius 2 is 1.90 bits per heavy atom. The molecule has 3 aromatic rings. The number of carbonyl (C=O) groups excluding carboxylic acids is 2. The molecule has 1 saturated heterocycles. The van der Waals surface area contributed by atoms with Crippen molar-refractivity contribution in [2.24, 2.45) is 5.92 Å². The van der Waals surface area contributed by atoms with Gasteiger partial charge in [0.05, 0.1) is 12.2 Å². The summed E-state index contributed by atoms with van der Waals surface area (Å²) in [6, 6.07) is 12.0. The van der Waals surface area contributed by atoms with E-state index in [4.69, 9.17) is 25.3 Å². The van der Waals surface area contributed by atoms with Crippen LogP contribution in [0.4, 0.5) is 0 Å². The van der Waals surface area contributed by atoms with Crippen molar-refractivity contribution >= 4 is 23.5 Å². The number of aromatic nitrogens is 1. The van der Waals surface area contributed by atoms with Gasteiger partial charge in [-0.1, -0.05) is 16.8 Å². The second-order valence-electron chi connectivity index (χ2n) is 6.84. The number of esters is 1. The van der Waals surface area contributed by atoms with Crippen LogP contribution < -0.4 is 0 Å². The lowest BCUT2D eigenvalue weighted by Gasteiger charge is -2.31. The normalized spacial score (nSPS) is 14.7. The van der Waals surface area contributed by atoms with E-state index in [9.17, 15) is 9.59 Å². The first-order chi connectivity index (χ1) is 14.1. The molecular formula is C21H19ClN2O5. The van der Waals surface area contributed by atoms with Crippen LogP contribution in [0.25, 0.3) is 11.5 Å². The maximum absolute atomic E-state index is 12.5. The van der Waals surface area contributed by atoms with Crippen molar-refractivity contribution in [3.63, 3.8) is 0 Å². The van der Waals surface area contributed by atoms with Crippen molar-refractivity contribution in [2.45, 2.75) is 19.4 Å². The summed E-state index contributed by atoms with van der Waals surface area (Å²) in [5.74, 6) is 0.469. The lowest BCUT2D eigenvalue weighted by Crippen LogP contribution is -2.40. The van der Waals surface area contributed by atoms with Gasteiger partial charge in [0.15, 0.2) is 5.76 Å². The average molecular weight is 415 g/mol. The highest BCUT2D eigenvalue weighted by molar-refractivity contribution is 6.30. The summed E-state index contributed by atoms with van der Waals surface area (Å²) >= 11 is 5.87. The first-order valence-corrected chi connectivity index (χ1v) is 9.69. The van der Waals surface area contributed by atoms with Crippen LogP contribution in [0.2, 0.25) is 5.02 Å². The zero-order valence-electron chi connectivity index (χ0n) is 15.5. The minimum Gasteiger partial charge on any atom is -0.461 e. The topological polar surface area (TPSA) is 85.8 Å². The van der Waals surface area contributed by atoms with Gasteiger partial charge >= 0.3 is 5.97 Å². The number of carbonyl (C=O) groups is 2. The first kappa shape index (κ1) is 19.3. The smallest absolute Gasteiger partial charge is 0.309 e. The summed E-state index contributed by atoms with van der Waals surface area (Å²) in [6.45, 7) is 1.05. The van der Waals surface area contributed by atoms with E-state index in [1.807, 2.05) is 0 Å². The highest BCUT2D eigenvalue weighted by Crippen LogP contribution is 2.23. The van der Waals surface area contributed by atoms with Gasteiger partial charge in [0.2, 0.25) is 5.76 Å². The summed E-state index contributed by atoms with van der Waals surface area (Å²) in [5, 5.41) is 4.48. The maximum atomic E-state index is 12.5. The Kier molecular flexibility index (Phi) is 5.67. The molecule has 0 radical (unpaired) electrons. The molecule has 0 aliphatic carbocycles. The number of benzene rings is 1. The molecule has 7 nitrogen and oxygen atoms in total. The molecule has 0 atom stereocenters. The van der Waals surface area contributed by atoms with Crippen molar-refractivity contribution in [1.29, 1.82) is 0 Å². The number of halogens is 1. The molecule has 1 fully saturated rings. The second-order valence-corrected chi connectivity index (χ2v) is 7.28. The van der Waals surface area contributed by atoms with Gasteiger partial charge in [0.25, 0.3) is 5.91 Å². The lowest BCUT2D eigenvalue weighted by atomic mass is 9.96. The standard InChI is InChI=1S/C21H19ClN2O5/c22-16-5-3-14(4-6-16)20(25)24-9-7-15(8-10-24)21(26)28-13-17-12-19(29-23-17)18-2-1-11-27-18/h1-6,11-12,15H,7-10,13H2. The average Bonchev–Trinajstić information content (AvgIpc) is 3.44. The summed E-state index contributed by atoms with van der Waals surface area (Å²) in [7, 11) is 0. The molecule has 0 spiro atoms. The van der Waals surface area contributed by atoms with E-state index >= 15 is 0 Å². The Hall–Kier alpha value is -3.06. The number of piperidine rings is 1. The van der Waals surface area contributed by atoms with E-state index in [1.54, 1.807) is 53.6 Å². The van der Waals surface area contributed by atoms with Gasteiger partial charge < -0.3 is 18.6 Å². The van der Waals surface area contributed by atoms with Gasteiger partial charge in [0, 0.05) is 29.7 Å². The van der Waals surface area contributed by atoms with Crippen molar-refractivity contribution in [3.8, 4) is 11.5 Å². The zero-order chi connectivity index (χ0) is 20.2. The van der Waals surface area contributed by atoms with Crippen molar-refractivity contribution in [3.05, 3.63) is 65.0 Å². The van der Waals surface area contributed by atoms with Crippen LogP contribution in [0.3, 0.4) is 0 Å². The monoisotopic (exact) mass is 414 g/mol. The van der Waals surface area contributed by atoms with Crippen LogP contribution >= 0.6 is 11.6 Å². The Bertz CT molecular complexity index is 973. The van der Waals surface area contributed by atoms with E-state index in [1.165, 1.54) is 0 Å². The number of furan rings is 1. The second kappa shape index (κ2) is 8.53. The quantitative estimate of drug-likeness (QED) is 0.582. The Balaban J connectivity index is 1.26. The van der Waals surface area contributed by atoms with Crippen LogP contribution in [0.1, 0.15) is 28.9 Å². The third-order valence-corrected chi connectivity index (χ3v) is 5.14. The molecule has 4 rings (SSSR count). The molecule has 1 aliphatic rings. The number of hydrogen-bond donors (Lipinski definition) is 0. The predicted octanol–water partition coefficient (Wildman–Crippen LogP) is 4.18. The van der Waals surface area contributed by atoms with Crippen molar-refractivity contribution in [1.82, 2.24) is 10.1 Å². The molecule has 1 amide bonds. The number of nitrogens with zero attached hydrogens (tertiary/aromatic N) is 2. The van der Waals surface area contributed by atoms with Gasteiger partial charge in [0.1, 0.15) is 12.3 Å². The van der Waals surface area contributed by atoms with Crippen LogP contribution in [0.15, 0.2) is 57.7 Å². The fraction of sp³-hybridized carbons (Fsp3) is 0.286. The van der Waals surface area contributed by atoms with Crippen LogP contribution in [-0.2, 0) is 16.1 Å². The maximum Gasteiger partial charge on any atom is 0.309 e. The molecule has 3 heterocycles. The zero-order valence-corrected chi connectivity index (χ0v) is 16.3. The highest BCUT2D eigenvalue weighted by Gasteiger charge is 2.29. The summed E-state index contributed by atoms with van der Waals surface area (Å²) < 4.78 is 15.8. The molecular weight excluding hydrogens is 396 g/mol. The number of hydrogen-bond acceptors (Lipinski definition) is 6. The molecule has 1 aliphatic heterocycles. The molecule has 29 heavy (non-hydrogen) atoms. The lowest BCUT2D eigenvalue weighted by molar-refractivity contribution is -0.151. The Labute approximate surface area is 172 Å². The first-order valence-electron chi connectivity index (χ1n) is 9.31. The molecule has 150 valence electrons. The molecule has 2 aromatic heterocycles. The fourth-order valence-corrected chi connectivity index (χ4v) is 3.40. The Morgan fingerprint density at radius 3 is 2.59 bits per heavy atom. The van der Waals surface area contributed by atoms with Crippen LogP contribution in [0.5, 0.6) is 0 Å². The summed E-state index contributed by atoms with van der Waals surface area (Å²) in [6.07, 6.45) is 2.67. The van der Waals surface area contributed by atoms with E-state index < -0.39 is 0 Å². The highest BCUT2D eigenvalue weighted by atomic mass is 35.5. The third kappa shape index (κ3) is 4.51. The van der Waals surface area contributed by atoms with Gasteiger partial charge in [-0.05, 0) is 49.2 Å². The minimum atomic E-state index is -0.286. The van der Waals surface area contributed by atoms with E-state index in [2.05, 4.69) is 5.16 Å². The molecule has 0 saturated carbocycles. The Morgan fingerprint density at radius 1 is 1.14 bits per heavy atom. The summed E-state index contributed by atoms with van der Waals surface area (Å²) in [5.41, 5.74) is 1.11. The van der Waals surface area contributed by atoms with Crippen LogP contribution in [-0.4, -0.2) is 35.0 Å². The largest absolute Gasteiger partial charge is 0.461 e. The fourth-order valence-electron chi connectivity index (χ4n) is 3.27. The van der Waals surface area contributed by atoms with E-state index in [0.717, 1.165) is 0 Å². The molecule has 1 aromatic carbocycles. The number of amides is 1. The van der Waals surface area contributed by atoms with Gasteiger partial charge in [-0.2, -0.15) is 0 Å². The summed E-state index contributed by atoms with van der Waals surface area (Å²) in [4.78, 5) is 26.7. The van der Waals surface area contributed by atoms with Crippen molar-refractivity contribution in [2.75, 3.05) is 13.1 Å². The molecule has 0 bridgehead atoms. The van der Waals surface area contributed by atoms with E-state index in [-0.39, 0.29) is 24.4 Å². The molecule has 0 unspecified atom stereocenters. The van der Waals surface area contributed by atoms with Gasteiger partial charge in [-0.3, -0.25) is 9.59 Å². The molecule has 0 N–H and O–H groups in total. The predicted molar refractivity (Wildman–Crippen MR) is 104 cm³/mol. The SMILES string of the molecule is O=C(OCc1cc(-c2ccco2)on1)C1CCN(C(=O)c2ccc(Cl)cc2)CC1. The van der Waals surface area contributed by atoms with Gasteiger partial charge in [-0.25, -0.2) is 0 Å².